The topological polar surface area (TPSA) is 78.9 Å². The molecule has 1 unspecified atom stereocenters. The average Bonchev–Trinajstić information content (AvgIpc) is 3.19. The Bertz CT molecular complexity index is 870. The van der Waals surface area contributed by atoms with Gasteiger partial charge in [0.25, 0.3) is 0 Å². The van der Waals surface area contributed by atoms with Crippen molar-refractivity contribution in [3.05, 3.63) is 12.2 Å². The van der Waals surface area contributed by atoms with Crippen LogP contribution in [-0.2, 0) is 28.6 Å². The maximum Gasteiger partial charge on any atom is 0.306 e. The summed E-state index contributed by atoms with van der Waals surface area (Å²) in [5, 5.41) is 0. The molecule has 0 radical (unpaired) electrons. The standard InChI is InChI=1S/C50H94O6/c1-4-7-10-13-16-18-20-22-23-24-25-26-27-29-30-32-34-37-40-43-49(52)55-46-47(45-54-48(51)42-39-36-15-12-9-6-3)56-50(53)44-41-38-35-33-31-28-21-19-17-14-11-8-5-2/h22-23,47H,4-21,24-46H2,1-3H3/b23-22-. The van der Waals surface area contributed by atoms with Crippen molar-refractivity contribution in [2.75, 3.05) is 13.2 Å². The van der Waals surface area contributed by atoms with Gasteiger partial charge in [-0.15, -0.1) is 0 Å². The molecule has 0 amide bonds. The molecule has 0 saturated carbocycles. The lowest BCUT2D eigenvalue weighted by Crippen LogP contribution is -2.30. The summed E-state index contributed by atoms with van der Waals surface area (Å²) in [5.74, 6) is -0.866. The van der Waals surface area contributed by atoms with Crippen LogP contribution >= 0.6 is 0 Å². The zero-order valence-corrected chi connectivity index (χ0v) is 37.7. The van der Waals surface area contributed by atoms with Crippen LogP contribution in [0.1, 0.15) is 271 Å². The Morgan fingerprint density at radius 3 is 0.893 bits per heavy atom. The lowest BCUT2D eigenvalue weighted by molar-refractivity contribution is -0.167. The summed E-state index contributed by atoms with van der Waals surface area (Å²) >= 11 is 0. The van der Waals surface area contributed by atoms with Crippen LogP contribution in [0.4, 0.5) is 0 Å². The van der Waals surface area contributed by atoms with Gasteiger partial charge in [-0.3, -0.25) is 14.4 Å². The number of unbranched alkanes of at least 4 members (excludes halogenated alkanes) is 32. The molecule has 0 aliphatic rings. The molecular formula is C50H94O6. The second kappa shape index (κ2) is 45.8. The average molecular weight is 791 g/mol. The smallest absolute Gasteiger partial charge is 0.306 e. The normalized spacial score (nSPS) is 12.0. The molecule has 0 bridgehead atoms. The van der Waals surface area contributed by atoms with E-state index in [0.29, 0.717) is 19.3 Å². The van der Waals surface area contributed by atoms with E-state index in [2.05, 4.69) is 32.9 Å². The van der Waals surface area contributed by atoms with Crippen molar-refractivity contribution < 1.29 is 28.6 Å². The number of carbonyl (C=O) groups is 3. The second-order valence-electron chi connectivity index (χ2n) is 16.7. The second-order valence-corrected chi connectivity index (χ2v) is 16.7. The van der Waals surface area contributed by atoms with Crippen LogP contribution < -0.4 is 0 Å². The summed E-state index contributed by atoms with van der Waals surface area (Å²) in [6.07, 6.45) is 49.3. The first-order valence-corrected chi connectivity index (χ1v) is 24.7. The molecular weight excluding hydrogens is 697 g/mol. The van der Waals surface area contributed by atoms with Gasteiger partial charge in [-0.1, -0.05) is 219 Å². The van der Waals surface area contributed by atoms with Crippen molar-refractivity contribution in [1.29, 1.82) is 0 Å². The minimum Gasteiger partial charge on any atom is -0.462 e. The molecule has 0 heterocycles. The van der Waals surface area contributed by atoms with Crippen LogP contribution in [0.15, 0.2) is 12.2 Å². The molecule has 1 atom stereocenters. The summed E-state index contributed by atoms with van der Waals surface area (Å²) < 4.78 is 16.7. The molecule has 6 heteroatoms. The third-order valence-electron chi connectivity index (χ3n) is 11.0. The van der Waals surface area contributed by atoms with Crippen LogP contribution in [0.25, 0.3) is 0 Å². The van der Waals surface area contributed by atoms with Crippen molar-refractivity contribution in [3.63, 3.8) is 0 Å². The Balaban J connectivity index is 4.16. The van der Waals surface area contributed by atoms with Gasteiger partial charge >= 0.3 is 17.9 Å². The van der Waals surface area contributed by atoms with Crippen LogP contribution in [0.5, 0.6) is 0 Å². The largest absolute Gasteiger partial charge is 0.462 e. The Morgan fingerprint density at radius 2 is 0.589 bits per heavy atom. The molecule has 6 nitrogen and oxygen atoms in total. The number of allylic oxidation sites excluding steroid dienone is 2. The predicted octanol–water partition coefficient (Wildman–Crippen LogP) is 15.8. The maximum absolute atomic E-state index is 12.7. The van der Waals surface area contributed by atoms with Gasteiger partial charge in [0.1, 0.15) is 13.2 Å². The maximum atomic E-state index is 12.7. The number of esters is 3. The number of ether oxygens (including phenoxy) is 3. The van der Waals surface area contributed by atoms with Gasteiger partial charge in [-0.05, 0) is 44.9 Å². The van der Waals surface area contributed by atoms with E-state index >= 15 is 0 Å². The Morgan fingerprint density at radius 1 is 0.339 bits per heavy atom. The molecule has 0 rings (SSSR count). The first-order chi connectivity index (χ1) is 27.5. The highest BCUT2D eigenvalue weighted by Crippen LogP contribution is 2.16. The van der Waals surface area contributed by atoms with E-state index in [9.17, 15) is 14.4 Å². The van der Waals surface area contributed by atoms with E-state index < -0.39 is 6.10 Å². The zero-order valence-electron chi connectivity index (χ0n) is 37.7. The van der Waals surface area contributed by atoms with Gasteiger partial charge in [-0.2, -0.15) is 0 Å². The Kier molecular flexibility index (Phi) is 44.3. The first-order valence-electron chi connectivity index (χ1n) is 24.7. The summed E-state index contributed by atoms with van der Waals surface area (Å²) in [4.78, 5) is 37.6. The van der Waals surface area contributed by atoms with E-state index in [0.717, 1.165) is 57.8 Å². The number of carbonyl (C=O) groups excluding carboxylic acids is 3. The van der Waals surface area contributed by atoms with Crippen LogP contribution in [0, 0.1) is 0 Å². The Labute approximate surface area is 348 Å². The third kappa shape index (κ3) is 43.3. The molecule has 0 aromatic carbocycles. The summed E-state index contributed by atoms with van der Waals surface area (Å²) in [7, 11) is 0. The Hall–Kier alpha value is -1.85. The van der Waals surface area contributed by atoms with Gasteiger partial charge in [0.05, 0.1) is 0 Å². The van der Waals surface area contributed by atoms with Gasteiger partial charge in [0.2, 0.25) is 0 Å². The molecule has 0 aromatic rings. The number of hydrogen-bond donors (Lipinski definition) is 0. The third-order valence-corrected chi connectivity index (χ3v) is 11.0. The fourth-order valence-corrected chi connectivity index (χ4v) is 7.26. The monoisotopic (exact) mass is 791 g/mol. The number of hydrogen-bond acceptors (Lipinski definition) is 6. The highest BCUT2D eigenvalue weighted by atomic mass is 16.6. The van der Waals surface area contributed by atoms with Crippen molar-refractivity contribution in [1.82, 2.24) is 0 Å². The lowest BCUT2D eigenvalue weighted by atomic mass is 10.0. The minimum absolute atomic E-state index is 0.0671. The molecule has 56 heavy (non-hydrogen) atoms. The van der Waals surface area contributed by atoms with Crippen LogP contribution in [-0.4, -0.2) is 37.2 Å². The first kappa shape index (κ1) is 54.2. The van der Waals surface area contributed by atoms with Crippen LogP contribution in [0.3, 0.4) is 0 Å². The quantitative estimate of drug-likeness (QED) is 0.0264. The zero-order chi connectivity index (χ0) is 40.8. The summed E-state index contributed by atoms with van der Waals surface area (Å²) in [5.41, 5.74) is 0. The minimum atomic E-state index is -0.761. The van der Waals surface area contributed by atoms with Gasteiger partial charge in [0.15, 0.2) is 6.10 Å². The van der Waals surface area contributed by atoms with Crippen molar-refractivity contribution in [2.24, 2.45) is 0 Å². The van der Waals surface area contributed by atoms with Crippen molar-refractivity contribution in [2.45, 2.75) is 277 Å². The predicted molar refractivity (Wildman–Crippen MR) is 238 cm³/mol. The van der Waals surface area contributed by atoms with E-state index in [-0.39, 0.29) is 31.1 Å². The summed E-state index contributed by atoms with van der Waals surface area (Å²) in [6.45, 7) is 6.60. The molecule has 0 N–H and O–H groups in total. The number of rotatable bonds is 45. The molecule has 0 aliphatic heterocycles. The fraction of sp³-hybridized carbons (Fsp3) is 0.900. The SMILES string of the molecule is CCCCCCCC/C=C\CCCCCCCCCCCC(=O)OCC(COC(=O)CCCCCCCC)OC(=O)CCCCCCCCCCCCCCC. The molecule has 0 spiro atoms. The van der Waals surface area contributed by atoms with Gasteiger partial charge < -0.3 is 14.2 Å². The van der Waals surface area contributed by atoms with Gasteiger partial charge in [0, 0.05) is 19.3 Å². The summed E-state index contributed by atoms with van der Waals surface area (Å²) in [6, 6.07) is 0. The molecule has 0 saturated heterocycles. The lowest BCUT2D eigenvalue weighted by Gasteiger charge is -2.18. The van der Waals surface area contributed by atoms with Crippen LogP contribution in [0.2, 0.25) is 0 Å². The van der Waals surface area contributed by atoms with Crippen molar-refractivity contribution >= 4 is 17.9 Å². The van der Waals surface area contributed by atoms with E-state index in [1.807, 2.05) is 0 Å². The molecule has 0 aromatic heterocycles. The highest BCUT2D eigenvalue weighted by Gasteiger charge is 2.19. The van der Waals surface area contributed by atoms with E-state index in [1.54, 1.807) is 0 Å². The molecule has 330 valence electrons. The highest BCUT2D eigenvalue weighted by molar-refractivity contribution is 5.71. The molecule has 0 aliphatic carbocycles. The van der Waals surface area contributed by atoms with E-state index in [1.165, 1.54) is 173 Å². The van der Waals surface area contributed by atoms with Crippen molar-refractivity contribution in [3.8, 4) is 0 Å². The van der Waals surface area contributed by atoms with E-state index in [4.69, 9.17) is 14.2 Å². The van der Waals surface area contributed by atoms with Gasteiger partial charge in [-0.25, -0.2) is 0 Å². The fourth-order valence-electron chi connectivity index (χ4n) is 7.26. The molecule has 0 fully saturated rings.